The van der Waals surface area contributed by atoms with Gasteiger partial charge in [0.1, 0.15) is 5.82 Å². The van der Waals surface area contributed by atoms with Crippen molar-refractivity contribution in [2.75, 3.05) is 13.1 Å². The Morgan fingerprint density at radius 1 is 1.32 bits per heavy atom. The quantitative estimate of drug-likeness (QED) is 0.866. The predicted molar refractivity (Wildman–Crippen MR) is 74.6 cm³/mol. The van der Waals surface area contributed by atoms with Gasteiger partial charge in [-0.1, -0.05) is 19.1 Å². The van der Waals surface area contributed by atoms with Gasteiger partial charge in [0, 0.05) is 25.7 Å². The highest BCUT2D eigenvalue weighted by molar-refractivity contribution is 5.23. The van der Waals surface area contributed by atoms with Crippen molar-refractivity contribution < 1.29 is 4.39 Å². The standard InChI is InChI=1S/C15H20FN3/c1-3-17-10-14(8-12-9-18-19(2)11-12)13-4-6-15(16)7-5-13/h4-7,9,11,14,17H,3,8,10H2,1-2H3. The highest BCUT2D eigenvalue weighted by Gasteiger charge is 2.13. The van der Waals surface area contributed by atoms with Gasteiger partial charge in [0.05, 0.1) is 6.20 Å². The molecule has 1 heterocycles. The van der Waals surface area contributed by atoms with E-state index in [9.17, 15) is 4.39 Å². The van der Waals surface area contributed by atoms with Crippen molar-refractivity contribution in [3.8, 4) is 0 Å². The minimum Gasteiger partial charge on any atom is -0.316 e. The van der Waals surface area contributed by atoms with E-state index in [4.69, 9.17) is 0 Å². The number of aryl methyl sites for hydroxylation is 1. The molecule has 1 aromatic heterocycles. The number of rotatable bonds is 6. The molecule has 2 aromatic rings. The molecule has 1 aromatic carbocycles. The SMILES string of the molecule is CCNCC(Cc1cnn(C)c1)c1ccc(F)cc1. The summed E-state index contributed by atoms with van der Waals surface area (Å²) in [6.45, 7) is 3.91. The van der Waals surface area contributed by atoms with Crippen molar-refractivity contribution in [3.63, 3.8) is 0 Å². The molecule has 1 unspecified atom stereocenters. The molecule has 0 saturated heterocycles. The highest BCUT2D eigenvalue weighted by Crippen LogP contribution is 2.20. The van der Waals surface area contributed by atoms with Crippen LogP contribution in [0.4, 0.5) is 4.39 Å². The number of hydrogen-bond acceptors (Lipinski definition) is 2. The average molecular weight is 261 g/mol. The molecule has 0 spiro atoms. The van der Waals surface area contributed by atoms with Crippen molar-refractivity contribution in [1.29, 1.82) is 0 Å². The third-order valence-corrected chi connectivity index (χ3v) is 3.22. The van der Waals surface area contributed by atoms with Gasteiger partial charge in [0.2, 0.25) is 0 Å². The number of nitrogens with one attached hydrogen (secondary N) is 1. The maximum absolute atomic E-state index is 13.0. The number of hydrogen-bond donors (Lipinski definition) is 1. The summed E-state index contributed by atoms with van der Waals surface area (Å²) in [5.74, 6) is 0.150. The maximum atomic E-state index is 13.0. The first-order chi connectivity index (χ1) is 9.19. The lowest BCUT2D eigenvalue weighted by Gasteiger charge is -2.17. The lowest BCUT2D eigenvalue weighted by atomic mass is 9.93. The summed E-state index contributed by atoms with van der Waals surface area (Å²) in [5, 5.41) is 7.56. The lowest BCUT2D eigenvalue weighted by molar-refractivity contribution is 0.589. The van der Waals surface area contributed by atoms with E-state index < -0.39 is 0 Å². The highest BCUT2D eigenvalue weighted by atomic mass is 19.1. The second-order valence-corrected chi connectivity index (χ2v) is 4.78. The van der Waals surface area contributed by atoms with E-state index in [0.29, 0.717) is 5.92 Å². The molecule has 0 saturated carbocycles. The van der Waals surface area contributed by atoms with Gasteiger partial charge in [-0.3, -0.25) is 4.68 Å². The summed E-state index contributed by atoms with van der Waals surface area (Å²) in [7, 11) is 1.92. The van der Waals surface area contributed by atoms with E-state index in [1.807, 2.05) is 36.3 Å². The molecule has 0 aliphatic heterocycles. The molecule has 102 valence electrons. The molecule has 2 rings (SSSR count). The maximum Gasteiger partial charge on any atom is 0.123 e. The zero-order valence-electron chi connectivity index (χ0n) is 11.4. The topological polar surface area (TPSA) is 29.9 Å². The Labute approximate surface area is 113 Å². The smallest absolute Gasteiger partial charge is 0.123 e. The Hall–Kier alpha value is -1.68. The van der Waals surface area contributed by atoms with Crippen molar-refractivity contribution in [2.45, 2.75) is 19.3 Å². The van der Waals surface area contributed by atoms with Crippen LogP contribution < -0.4 is 5.32 Å². The molecule has 1 atom stereocenters. The number of aromatic nitrogens is 2. The molecule has 1 N–H and O–H groups in total. The molecule has 3 nitrogen and oxygen atoms in total. The van der Waals surface area contributed by atoms with E-state index in [0.717, 1.165) is 25.1 Å². The molecule has 0 radical (unpaired) electrons. The Morgan fingerprint density at radius 2 is 2.05 bits per heavy atom. The normalized spacial score (nSPS) is 12.6. The number of halogens is 1. The summed E-state index contributed by atoms with van der Waals surface area (Å²) >= 11 is 0. The molecular weight excluding hydrogens is 241 g/mol. The molecule has 0 amide bonds. The van der Waals surface area contributed by atoms with E-state index in [-0.39, 0.29) is 5.82 Å². The van der Waals surface area contributed by atoms with E-state index in [2.05, 4.69) is 17.3 Å². The molecular formula is C15H20FN3. The van der Waals surface area contributed by atoms with Crippen molar-refractivity contribution in [3.05, 3.63) is 53.6 Å². The zero-order valence-corrected chi connectivity index (χ0v) is 11.4. The van der Waals surface area contributed by atoms with Crippen LogP contribution in [0.1, 0.15) is 24.0 Å². The van der Waals surface area contributed by atoms with Gasteiger partial charge in [-0.15, -0.1) is 0 Å². The Balaban J connectivity index is 2.13. The van der Waals surface area contributed by atoms with Gasteiger partial charge < -0.3 is 5.32 Å². The third kappa shape index (κ3) is 3.89. The second-order valence-electron chi connectivity index (χ2n) is 4.78. The number of benzene rings is 1. The van der Waals surface area contributed by atoms with Crippen molar-refractivity contribution >= 4 is 0 Å². The first-order valence-electron chi connectivity index (χ1n) is 6.62. The van der Waals surface area contributed by atoms with Crippen LogP contribution in [0.2, 0.25) is 0 Å². The van der Waals surface area contributed by atoms with Crippen molar-refractivity contribution in [2.24, 2.45) is 7.05 Å². The zero-order chi connectivity index (χ0) is 13.7. The summed E-state index contributed by atoms with van der Waals surface area (Å²) < 4.78 is 14.8. The molecule has 19 heavy (non-hydrogen) atoms. The largest absolute Gasteiger partial charge is 0.316 e. The van der Waals surface area contributed by atoms with Crippen LogP contribution in [0.3, 0.4) is 0 Å². The predicted octanol–water partition coefficient (Wildman–Crippen LogP) is 2.50. The fraction of sp³-hybridized carbons (Fsp3) is 0.400. The molecule has 0 aliphatic carbocycles. The molecule has 0 aliphatic rings. The number of nitrogens with zero attached hydrogens (tertiary/aromatic N) is 2. The van der Waals surface area contributed by atoms with Gasteiger partial charge >= 0.3 is 0 Å². The van der Waals surface area contributed by atoms with Crippen LogP contribution in [0, 0.1) is 5.82 Å². The van der Waals surface area contributed by atoms with E-state index in [1.165, 1.54) is 17.7 Å². The van der Waals surface area contributed by atoms with Gasteiger partial charge in [-0.2, -0.15) is 5.10 Å². The summed E-state index contributed by atoms with van der Waals surface area (Å²) in [6, 6.07) is 6.79. The Kier molecular flexibility index (Phi) is 4.68. The van der Waals surface area contributed by atoms with Gasteiger partial charge in [-0.05, 0) is 36.2 Å². The minimum atomic E-state index is -0.188. The molecule has 0 bridgehead atoms. The van der Waals surface area contributed by atoms with Gasteiger partial charge in [0.15, 0.2) is 0 Å². The molecule has 0 fully saturated rings. The summed E-state index contributed by atoms with van der Waals surface area (Å²) in [6.07, 6.45) is 4.83. The van der Waals surface area contributed by atoms with Gasteiger partial charge in [0.25, 0.3) is 0 Å². The van der Waals surface area contributed by atoms with Crippen molar-refractivity contribution in [1.82, 2.24) is 15.1 Å². The van der Waals surface area contributed by atoms with E-state index in [1.54, 1.807) is 0 Å². The van der Waals surface area contributed by atoms with Crippen LogP contribution >= 0.6 is 0 Å². The third-order valence-electron chi connectivity index (χ3n) is 3.22. The summed E-state index contributed by atoms with van der Waals surface area (Å²) in [4.78, 5) is 0. The van der Waals surface area contributed by atoms with Crippen LogP contribution in [0.25, 0.3) is 0 Å². The average Bonchev–Trinajstić information content (AvgIpc) is 2.81. The number of likely N-dealkylation sites (N-methyl/N-ethyl adjacent to an activating group) is 1. The minimum absolute atomic E-state index is 0.188. The fourth-order valence-corrected chi connectivity index (χ4v) is 2.22. The Morgan fingerprint density at radius 3 is 2.63 bits per heavy atom. The lowest BCUT2D eigenvalue weighted by Crippen LogP contribution is -2.22. The van der Waals surface area contributed by atoms with Crippen LogP contribution in [0.15, 0.2) is 36.7 Å². The second kappa shape index (κ2) is 6.48. The van der Waals surface area contributed by atoms with Crippen LogP contribution in [0.5, 0.6) is 0 Å². The van der Waals surface area contributed by atoms with Crippen LogP contribution in [-0.2, 0) is 13.5 Å². The Bertz CT molecular complexity index is 504. The first-order valence-corrected chi connectivity index (χ1v) is 6.62. The van der Waals surface area contributed by atoms with E-state index >= 15 is 0 Å². The monoisotopic (exact) mass is 261 g/mol. The first kappa shape index (κ1) is 13.7. The fourth-order valence-electron chi connectivity index (χ4n) is 2.22. The van der Waals surface area contributed by atoms with Gasteiger partial charge in [-0.25, -0.2) is 4.39 Å². The molecule has 4 heteroatoms. The summed E-state index contributed by atoms with van der Waals surface area (Å²) in [5.41, 5.74) is 2.36. The van der Waals surface area contributed by atoms with Crippen LogP contribution in [-0.4, -0.2) is 22.9 Å².